The number of amides is 1. The lowest BCUT2D eigenvalue weighted by molar-refractivity contribution is 0.0960. The second-order valence-electron chi connectivity index (χ2n) is 3.85. The number of hydrogen-bond donors (Lipinski definition) is 3. The van der Waals surface area contributed by atoms with Gasteiger partial charge >= 0.3 is 0 Å². The van der Waals surface area contributed by atoms with Gasteiger partial charge in [-0.1, -0.05) is 6.07 Å². The molecule has 20 heavy (non-hydrogen) atoms. The summed E-state index contributed by atoms with van der Waals surface area (Å²) in [6.45, 7) is 0. The fraction of sp³-hybridized carbons (Fsp3) is 0.0833. The summed E-state index contributed by atoms with van der Waals surface area (Å²) in [5.74, 6) is -0.745. The molecule has 2 aromatic rings. The summed E-state index contributed by atoms with van der Waals surface area (Å²) < 4.78 is 26.5. The van der Waals surface area contributed by atoms with Gasteiger partial charge in [0, 0.05) is 13.1 Å². The van der Waals surface area contributed by atoms with Crippen LogP contribution in [0.25, 0.3) is 0 Å². The maximum Gasteiger partial charge on any atom is 0.271 e. The molecule has 0 aliphatic heterocycles. The standard InChI is InChI=1S/C12H12N2O4S2/c1-13-12(16)9-5-4-8(7-10(9)15)14-20(17,18)11-3-2-6-19-11/h2-7,14-15H,1H3,(H,13,16). The zero-order chi connectivity index (χ0) is 14.8. The third-order valence-electron chi connectivity index (χ3n) is 2.48. The SMILES string of the molecule is CNC(=O)c1ccc(NS(=O)(=O)c2cccs2)cc1O. The molecule has 1 aromatic heterocycles. The van der Waals surface area contributed by atoms with E-state index < -0.39 is 15.9 Å². The number of thiophene rings is 1. The van der Waals surface area contributed by atoms with Gasteiger partial charge in [-0.15, -0.1) is 11.3 Å². The first kappa shape index (κ1) is 14.4. The highest BCUT2D eigenvalue weighted by Gasteiger charge is 2.16. The lowest BCUT2D eigenvalue weighted by Gasteiger charge is -2.08. The molecule has 0 atom stereocenters. The van der Waals surface area contributed by atoms with Crippen molar-refractivity contribution in [1.29, 1.82) is 0 Å². The Hall–Kier alpha value is -2.06. The average Bonchev–Trinajstić information content (AvgIpc) is 2.92. The zero-order valence-electron chi connectivity index (χ0n) is 10.5. The number of carbonyl (C=O) groups excluding carboxylic acids is 1. The van der Waals surface area contributed by atoms with E-state index in [1.165, 1.54) is 31.3 Å². The molecule has 0 aliphatic rings. The number of phenols is 1. The highest BCUT2D eigenvalue weighted by atomic mass is 32.2. The van der Waals surface area contributed by atoms with E-state index in [1.54, 1.807) is 11.4 Å². The number of rotatable bonds is 4. The van der Waals surface area contributed by atoms with Crippen LogP contribution in [-0.2, 0) is 10.0 Å². The fourth-order valence-electron chi connectivity index (χ4n) is 1.54. The van der Waals surface area contributed by atoms with Gasteiger partial charge in [-0.25, -0.2) is 8.42 Å². The first-order valence-corrected chi connectivity index (χ1v) is 7.92. The van der Waals surface area contributed by atoms with E-state index in [9.17, 15) is 18.3 Å². The molecule has 8 heteroatoms. The molecular weight excluding hydrogens is 300 g/mol. The molecule has 1 aromatic carbocycles. The van der Waals surface area contributed by atoms with Crippen molar-refractivity contribution >= 4 is 33.0 Å². The number of phenolic OH excluding ortho intramolecular Hbond substituents is 1. The third kappa shape index (κ3) is 2.91. The van der Waals surface area contributed by atoms with Crippen molar-refractivity contribution in [2.75, 3.05) is 11.8 Å². The van der Waals surface area contributed by atoms with E-state index in [1.807, 2.05) is 0 Å². The van der Waals surface area contributed by atoms with E-state index in [0.29, 0.717) is 0 Å². The Kier molecular flexibility index (Phi) is 3.96. The number of benzene rings is 1. The van der Waals surface area contributed by atoms with Crippen LogP contribution in [0.15, 0.2) is 39.9 Å². The second-order valence-corrected chi connectivity index (χ2v) is 6.71. The van der Waals surface area contributed by atoms with E-state index >= 15 is 0 Å². The van der Waals surface area contributed by atoms with Gasteiger partial charge in [-0.05, 0) is 23.6 Å². The molecular formula is C12H12N2O4S2. The smallest absolute Gasteiger partial charge is 0.271 e. The van der Waals surface area contributed by atoms with Crippen LogP contribution in [0, 0.1) is 0 Å². The Bertz CT molecular complexity index is 724. The molecule has 2 rings (SSSR count). The van der Waals surface area contributed by atoms with Gasteiger partial charge in [0.05, 0.1) is 11.3 Å². The normalized spacial score (nSPS) is 11.1. The molecule has 0 fully saturated rings. The molecule has 0 saturated carbocycles. The van der Waals surface area contributed by atoms with Gasteiger partial charge in [0.25, 0.3) is 15.9 Å². The fourth-order valence-corrected chi connectivity index (χ4v) is 3.59. The predicted molar refractivity (Wildman–Crippen MR) is 76.6 cm³/mol. The minimum Gasteiger partial charge on any atom is -0.507 e. The van der Waals surface area contributed by atoms with Crippen molar-refractivity contribution in [1.82, 2.24) is 5.32 Å². The van der Waals surface area contributed by atoms with Gasteiger partial charge in [-0.3, -0.25) is 9.52 Å². The van der Waals surface area contributed by atoms with Gasteiger partial charge < -0.3 is 10.4 Å². The number of sulfonamides is 1. The number of anilines is 1. The minimum absolute atomic E-state index is 0.0755. The van der Waals surface area contributed by atoms with Crippen LogP contribution in [0.2, 0.25) is 0 Å². The minimum atomic E-state index is -3.67. The van der Waals surface area contributed by atoms with Crippen LogP contribution in [-0.4, -0.2) is 26.5 Å². The van der Waals surface area contributed by atoms with Crippen LogP contribution in [0.5, 0.6) is 5.75 Å². The van der Waals surface area contributed by atoms with Crippen molar-refractivity contribution in [2.24, 2.45) is 0 Å². The van der Waals surface area contributed by atoms with Gasteiger partial charge in [-0.2, -0.15) is 0 Å². The monoisotopic (exact) mass is 312 g/mol. The highest BCUT2D eigenvalue weighted by molar-refractivity contribution is 7.94. The highest BCUT2D eigenvalue weighted by Crippen LogP contribution is 2.25. The van der Waals surface area contributed by atoms with E-state index in [4.69, 9.17) is 0 Å². The predicted octanol–water partition coefficient (Wildman–Crippen LogP) is 1.61. The zero-order valence-corrected chi connectivity index (χ0v) is 12.1. The molecule has 0 bridgehead atoms. The van der Waals surface area contributed by atoms with Crippen molar-refractivity contribution in [3.63, 3.8) is 0 Å². The molecule has 0 saturated heterocycles. The van der Waals surface area contributed by atoms with E-state index in [-0.39, 0.29) is 21.2 Å². The Balaban J connectivity index is 2.28. The summed E-state index contributed by atoms with van der Waals surface area (Å²) in [6, 6.07) is 7.06. The molecule has 1 amide bonds. The Morgan fingerprint density at radius 3 is 2.60 bits per heavy atom. The van der Waals surface area contributed by atoms with Gasteiger partial charge in [0.1, 0.15) is 9.96 Å². The molecule has 0 spiro atoms. The summed E-state index contributed by atoms with van der Waals surface area (Å²) >= 11 is 1.09. The largest absolute Gasteiger partial charge is 0.507 e. The van der Waals surface area contributed by atoms with Crippen molar-refractivity contribution in [3.8, 4) is 5.75 Å². The number of aromatic hydroxyl groups is 1. The first-order chi connectivity index (χ1) is 9.44. The van der Waals surface area contributed by atoms with Crippen LogP contribution in [0.1, 0.15) is 10.4 Å². The van der Waals surface area contributed by atoms with E-state index in [0.717, 1.165) is 11.3 Å². The van der Waals surface area contributed by atoms with Crippen molar-refractivity contribution in [2.45, 2.75) is 4.21 Å². The Morgan fingerprint density at radius 2 is 2.05 bits per heavy atom. The molecule has 3 N–H and O–H groups in total. The Morgan fingerprint density at radius 1 is 1.30 bits per heavy atom. The number of nitrogens with one attached hydrogen (secondary N) is 2. The summed E-state index contributed by atoms with van der Waals surface area (Å²) in [7, 11) is -2.23. The van der Waals surface area contributed by atoms with Crippen LogP contribution >= 0.6 is 11.3 Å². The summed E-state index contributed by atoms with van der Waals surface area (Å²) in [5.41, 5.74) is 0.259. The Labute approximate surface area is 120 Å². The second kappa shape index (κ2) is 5.51. The molecule has 0 unspecified atom stereocenters. The van der Waals surface area contributed by atoms with Gasteiger partial charge in [0.15, 0.2) is 0 Å². The maximum atomic E-state index is 12.0. The van der Waals surface area contributed by atoms with Crippen LogP contribution in [0.4, 0.5) is 5.69 Å². The summed E-state index contributed by atoms with van der Waals surface area (Å²) in [6.07, 6.45) is 0. The third-order valence-corrected chi connectivity index (χ3v) is 5.26. The quantitative estimate of drug-likeness (QED) is 0.799. The average molecular weight is 312 g/mol. The number of carbonyl (C=O) groups is 1. The van der Waals surface area contributed by atoms with E-state index in [2.05, 4.69) is 10.0 Å². The molecule has 106 valence electrons. The lowest BCUT2D eigenvalue weighted by Crippen LogP contribution is -2.18. The first-order valence-electron chi connectivity index (χ1n) is 5.55. The summed E-state index contributed by atoms with van der Waals surface area (Å²) in [5, 5.41) is 13.8. The van der Waals surface area contributed by atoms with Crippen molar-refractivity contribution < 1.29 is 18.3 Å². The topological polar surface area (TPSA) is 95.5 Å². The van der Waals surface area contributed by atoms with Crippen LogP contribution < -0.4 is 10.0 Å². The summed E-state index contributed by atoms with van der Waals surface area (Å²) in [4.78, 5) is 11.4. The number of hydrogen-bond acceptors (Lipinski definition) is 5. The molecule has 0 aliphatic carbocycles. The molecule has 6 nitrogen and oxygen atoms in total. The van der Waals surface area contributed by atoms with Crippen molar-refractivity contribution in [3.05, 3.63) is 41.3 Å². The van der Waals surface area contributed by atoms with Gasteiger partial charge in [0.2, 0.25) is 0 Å². The lowest BCUT2D eigenvalue weighted by atomic mass is 10.1. The maximum absolute atomic E-state index is 12.0. The van der Waals surface area contributed by atoms with Crippen LogP contribution in [0.3, 0.4) is 0 Å². The molecule has 0 radical (unpaired) electrons. The molecule has 1 heterocycles.